The zero-order chi connectivity index (χ0) is 32.7. The number of fused-ring (bicyclic) bond motifs is 10. The van der Waals surface area contributed by atoms with E-state index in [-0.39, 0.29) is 58.1 Å². The van der Waals surface area contributed by atoms with Crippen LogP contribution in [-0.4, -0.2) is 34.6 Å². The molecule has 2 saturated carbocycles. The van der Waals surface area contributed by atoms with E-state index in [0.29, 0.717) is 22.1 Å². The maximum absolute atomic E-state index is 14.0. The van der Waals surface area contributed by atoms with Crippen LogP contribution in [0.15, 0.2) is 101 Å². The Morgan fingerprint density at radius 3 is 2.50 bits per heavy atom. The van der Waals surface area contributed by atoms with Crippen molar-refractivity contribution in [2.45, 2.75) is 22.6 Å². The molecule has 4 aromatic carbocycles. The molecule has 2 aliphatic carbocycles. The molecule has 11 heteroatoms. The van der Waals surface area contributed by atoms with Crippen molar-refractivity contribution in [3.05, 3.63) is 116 Å². The van der Waals surface area contributed by atoms with Crippen LogP contribution in [0.2, 0.25) is 5.02 Å². The fraction of sp³-hybridized carbons (Fsp3) is 0.243. The topological polar surface area (TPSA) is 109 Å². The summed E-state index contributed by atoms with van der Waals surface area (Å²) in [6, 6.07) is 28.1. The molecule has 48 heavy (non-hydrogen) atoms. The molecule has 0 radical (unpaired) electrons. The van der Waals surface area contributed by atoms with Crippen LogP contribution < -0.4 is 19.8 Å². The summed E-state index contributed by atoms with van der Waals surface area (Å²) < 4.78 is 6.25. The number of para-hydroxylation sites is 1. The molecule has 0 spiro atoms. The summed E-state index contributed by atoms with van der Waals surface area (Å²) in [6.45, 7) is -0.237. The molecular formula is C37H28ClN3O5S2. The molecule has 6 unspecified atom stereocenters. The van der Waals surface area contributed by atoms with Gasteiger partial charge in [0.15, 0.2) is 6.61 Å². The normalized spacial score (nSPS) is 26.8. The number of amides is 3. The number of nitrogens with zero attached hydrogens (tertiary/aromatic N) is 1. The number of aromatic amines is 1. The highest BCUT2D eigenvalue weighted by Gasteiger charge is 2.69. The van der Waals surface area contributed by atoms with Crippen molar-refractivity contribution < 1.29 is 19.1 Å². The van der Waals surface area contributed by atoms with Gasteiger partial charge in [-0.2, -0.15) is 0 Å². The van der Waals surface area contributed by atoms with Crippen molar-refractivity contribution in [3.8, 4) is 5.75 Å². The van der Waals surface area contributed by atoms with Crippen molar-refractivity contribution >= 4 is 74.6 Å². The minimum Gasteiger partial charge on any atom is -0.483 e. The van der Waals surface area contributed by atoms with E-state index in [1.54, 1.807) is 36.0 Å². The number of thioether (sulfide) groups is 1. The molecule has 8 nitrogen and oxygen atoms in total. The number of ether oxygens (including phenoxy) is 1. The second-order valence-electron chi connectivity index (χ2n) is 12.9. The molecule has 3 heterocycles. The third-order valence-electron chi connectivity index (χ3n) is 10.5. The lowest BCUT2D eigenvalue weighted by Crippen LogP contribution is -2.42. The van der Waals surface area contributed by atoms with Gasteiger partial charge < -0.3 is 15.0 Å². The summed E-state index contributed by atoms with van der Waals surface area (Å²) >= 11 is 9.41. The average molecular weight is 694 g/mol. The molecule has 7 atom stereocenters. The number of anilines is 2. The number of hydrogen-bond donors (Lipinski definition) is 2. The SMILES string of the molecule is O=C(COc1ccc(Cl)cc1[C@H]1c2sc(=O)[nH]c2SC2C3CC(C4C(=O)N(c5ccccc5)C(=O)C34)C21)Nc1cccc2ccccc12. The Kier molecular flexibility index (Phi) is 7.04. The van der Waals surface area contributed by atoms with Gasteiger partial charge in [-0.15, -0.1) is 11.8 Å². The van der Waals surface area contributed by atoms with Gasteiger partial charge in [-0.25, -0.2) is 0 Å². The number of H-pyrrole nitrogens is 1. The molecule has 1 saturated heterocycles. The lowest BCUT2D eigenvalue weighted by atomic mass is 9.68. The van der Waals surface area contributed by atoms with Crippen molar-refractivity contribution in [3.63, 3.8) is 0 Å². The number of rotatable bonds is 6. The Bertz CT molecular complexity index is 2200. The Morgan fingerprint density at radius 2 is 1.67 bits per heavy atom. The van der Waals surface area contributed by atoms with E-state index in [0.717, 1.165) is 44.0 Å². The van der Waals surface area contributed by atoms with E-state index in [1.807, 2.05) is 66.7 Å². The summed E-state index contributed by atoms with van der Waals surface area (Å²) in [5.74, 6) is -1.36. The third kappa shape index (κ3) is 4.57. The summed E-state index contributed by atoms with van der Waals surface area (Å²) in [4.78, 5) is 59.1. The van der Waals surface area contributed by atoms with Crippen LogP contribution in [0.4, 0.5) is 11.4 Å². The summed E-state index contributed by atoms with van der Waals surface area (Å²) in [5, 5.41) is 6.23. The van der Waals surface area contributed by atoms with Gasteiger partial charge in [-0.1, -0.05) is 77.5 Å². The highest BCUT2D eigenvalue weighted by atomic mass is 35.5. The van der Waals surface area contributed by atoms with Crippen LogP contribution in [-0.2, 0) is 14.4 Å². The number of hydrogen-bond acceptors (Lipinski definition) is 7. The average Bonchev–Trinajstić information content (AvgIpc) is 3.83. The number of imide groups is 1. The number of thiazole rings is 1. The lowest BCUT2D eigenvalue weighted by Gasteiger charge is -2.43. The second-order valence-corrected chi connectivity index (χ2v) is 15.5. The van der Waals surface area contributed by atoms with E-state index in [9.17, 15) is 19.2 Å². The van der Waals surface area contributed by atoms with Crippen LogP contribution in [0, 0.1) is 29.6 Å². The smallest absolute Gasteiger partial charge is 0.305 e. The maximum atomic E-state index is 14.0. The summed E-state index contributed by atoms with van der Waals surface area (Å²) in [7, 11) is 0. The van der Waals surface area contributed by atoms with Crippen LogP contribution in [0.1, 0.15) is 22.8 Å². The van der Waals surface area contributed by atoms with Crippen molar-refractivity contribution in [2.75, 3.05) is 16.8 Å². The Hall–Kier alpha value is -4.38. The molecule has 1 aromatic heterocycles. The Balaban J connectivity index is 1.05. The van der Waals surface area contributed by atoms with E-state index >= 15 is 0 Å². The molecule has 240 valence electrons. The van der Waals surface area contributed by atoms with Gasteiger partial charge in [0.25, 0.3) is 5.91 Å². The number of nitrogens with one attached hydrogen (secondary N) is 2. The van der Waals surface area contributed by atoms with Gasteiger partial charge in [-0.3, -0.25) is 24.1 Å². The van der Waals surface area contributed by atoms with E-state index in [2.05, 4.69) is 10.3 Å². The lowest BCUT2D eigenvalue weighted by molar-refractivity contribution is -0.123. The van der Waals surface area contributed by atoms with E-state index in [1.165, 1.54) is 4.90 Å². The Morgan fingerprint density at radius 1 is 0.917 bits per heavy atom. The van der Waals surface area contributed by atoms with Crippen molar-refractivity contribution in [2.24, 2.45) is 29.6 Å². The minimum absolute atomic E-state index is 0.00738. The van der Waals surface area contributed by atoms with Gasteiger partial charge in [-0.05, 0) is 66.0 Å². The maximum Gasteiger partial charge on any atom is 0.305 e. The second kappa shape index (κ2) is 11.4. The highest BCUT2D eigenvalue weighted by Crippen LogP contribution is 2.69. The Labute approximate surface area is 288 Å². The number of benzene rings is 4. The first-order chi connectivity index (χ1) is 23.4. The van der Waals surface area contributed by atoms with Crippen LogP contribution in [0.5, 0.6) is 5.75 Å². The first-order valence-electron chi connectivity index (χ1n) is 15.9. The van der Waals surface area contributed by atoms with Crippen LogP contribution in [0.25, 0.3) is 10.8 Å². The molecule has 5 aromatic rings. The van der Waals surface area contributed by atoms with Gasteiger partial charge in [0.2, 0.25) is 11.8 Å². The first kappa shape index (κ1) is 29.7. The third-order valence-corrected chi connectivity index (χ3v) is 13.3. The van der Waals surface area contributed by atoms with Crippen molar-refractivity contribution in [1.29, 1.82) is 0 Å². The molecule has 3 fully saturated rings. The van der Waals surface area contributed by atoms with E-state index < -0.39 is 11.8 Å². The predicted octanol–water partition coefficient (Wildman–Crippen LogP) is 6.94. The number of halogens is 1. The van der Waals surface area contributed by atoms with Gasteiger partial charge in [0.1, 0.15) is 5.75 Å². The quantitative estimate of drug-likeness (QED) is 0.187. The molecule has 9 rings (SSSR count). The van der Waals surface area contributed by atoms with Crippen molar-refractivity contribution in [1.82, 2.24) is 4.98 Å². The standard InChI is InChI=1S/C37H28ClN3O5S2/c38-19-13-14-26(46-17-27(42)39-25-12-6-8-18-7-4-5-11-21(18)25)22(15-19)28-29-23-16-24(32(29)47-34-33(28)48-37(45)40-34)31-30(23)35(43)41(36(31)44)20-9-2-1-3-10-20/h1-15,23-24,28-32H,16-17H2,(H,39,42)(H,40,45)/t23?,24?,28-,29?,30?,31?,32?/m1/s1. The van der Waals surface area contributed by atoms with Crippen LogP contribution in [0.3, 0.4) is 0 Å². The summed E-state index contributed by atoms with van der Waals surface area (Å²) in [6.07, 6.45) is 0.762. The zero-order valence-electron chi connectivity index (χ0n) is 25.3. The minimum atomic E-state index is -0.431. The first-order valence-corrected chi connectivity index (χ1v) is 18.0. The van der Waals surface area contributed by atoms with E-state index in [4.69, 9.17) is 16.3 Å². The summed E-state index contributed by atoms with van der Waals surface area (Å²) in [5.41, 5.74) is 2.07. The molecule has 2 N–H and O–H groups in total. The fourth-order valence-corrected chi connectivity index (χ4v) is 11.8. The molecular weight excluding hydrogens is 666 g/mol. The predicted molar refractivity (Wildman–Crippen MR) is 187 cm³/mol. The van der Waals surface area contributed by atoms with Gasteiger partial charge >= 0.3 is 4.87 Å². The van der Waals surface area contributed by atoms with Gasteiger partial charge in [0, 0.05) is 37.7 Å². The molecule has 2 bridgehead atoms. The van der Waals surface area contributed by atoms with Gasteiger partial charge in [0.05, 0.1) is 22.5 Å². The monoisotopic (exact) mass is 693 g/mol. The highest BCUT2D eigenvalue weighted by molar-refractivity contribution is 8.00. The fourth-order valence-electron chi connectivity index (χ4n) is 8.75. The number of aromatic nitrogens is 1. The molecule has 3 amide bonds. The molecule has 4 aliphatic rings. The molecule has 2 aliphatic heterocycles. The largest absolute Gasteiger partial charge is 0.483 e. The van der Waals surface area contributed by atoms with Crippen LogP contribution >= 0.6 is 34.7 Å². The zero-order valence-corrected chi connectivity index (χ0v) is 27.7. The number of carbonyl (C=O) groups excluding carboxylic acids is 3. The number of carbonyl (C=O) groups is 3.